The predicted molar refractivity (Wildman–Crippen MR) is 73.0 cm³/mol. The van der Waals surface area contributed by atoms with Crippen LogP contribution in [0.25, 0.3) is 11.3 Å². The predicted octanol–water partition coefficient (Wildman–Crippen LogP) is 1.13. The van der Waals surface area contributed by atoms with Crippen molar-refractivity contribution in [1.82, 2.24) is 14.3 Å². The highest BCUT2D eigenvalue weighted by atomic mass is 32.1. The molecule has 0 unspecified atom stereocenters. The van der Waals surface area contributed by atoms with Crippen molar-refractivity contribution in [3.63, 3.8) is 0 Å². The number of benzene rings is 1. The summed E-state index contributed by atoms with van der Waals surface area (Å²) in [4.78, 5) is 22.2. The minimum Gasteiger partial charge on any atom is -0.502 e. The molecule has 0 aliphatic carbocycles. The van der Waals surface area contributed by atoms with E-state index >= 15 is 0 Å². The molecule has 8 nitrogen and oxygen atoms in total. The van der Waals surface area contributed by atoms with E-state index < -0.39 is 21.9 Å². The van der Waals surface area contributed by atoms with Gasteiger partial charge in [0, 0.05) is 25.7 Å². The topological polar surface area (TPSA) is 103 Å². The fourth-order valence-electron chi connectivity index (χ4n) is 1.70. The van der Waals surface area contributed by atoms with Crippen molar-refractivity contribution in [3.8, 4) is 17.0 Å². The van der Waals surface area contributed by atoms with Gasteiger partial charge in [-0.05, 0) is 24.4 Å². The van der Waals surface area contributed by atoms with E-state index in [2.05, 4.69) is 5.10 Å². The Morgan fingerprint density at radius 2 is 2.05 bits per heavy atom. The third-order valence-electron chi connectivity index (χ3n) is 2.77. The van der Waals surface area contributed by atoms with Gasteiger partial charge in [-0.3, -0.25) is 19.5 Å². The normalized spacial score (nSPS) is 10.5. The highest BCUT2D eigenvalue weighted by Gasteiger charge is 2.17. The van der Waals surface area contributed by atoms with E-state index in [1.165, 1.54) is 22.4 Å². The highest BCUT2D eigenvalue weighted by Crippen LogP contribution is 2.29. The van der Waals surface area contributed by atoms with Crippen LogP contribution in [0.3, 0.4) is 0 Å². The van der Waals surface area contributed by atoms with Crippen molar-refractivity contribution >= 4 is 17.9 Å². The summed E-state index contributed by atoms with van der Waals surface area (Å²) in [6.07, 6.45) is 0. The van der Waals surface area contributed by atoms with Crippen LogP contribution >= 0.6 is 12.2 Å². The number of aryl methyl sites for hydroxylation is 1. The first-order chi connectivity index (χ1) is 9.32. The molecule has 2 rings (SSSR count). The van der Waals surface area contributed by atoms with Crippen LogP contribution in [0.4, 0.5) is 5.69 Å². The molecule has 0 spiro atoms. The number of rotatable bonds is 2. The fraction of sp³-hybridized carbons (Fsp3) is 0.182. The minimum atomic E-state index is -0.731. The molecule has 104 valence electrons. The maximum Gasteiger partial charge on any atom is 0.311 e. The van der Waals surface area contributed by atoms with E-state index in [4.69, 9.17) is 12.2 Å². The molecule has 2 aromatic rings. The van der Waals surface area contributed by atoms with E-state index in [-0.39, 0.29) is 16.0 Å². The van der Waals surface area contributed by atoms with Gasteiger partial charge in [0.15, 0.2) is 16.2 Å². The number of nitro groups is 1. The molecule has 0 radical (unpaired) electrons. The van der Waals surface area contributed by atoms with Crippen molar-refractivity contribution in [1.29, 1.82) is 0 Å². The molecule has 0 aliphatic heterocycles. The summed E-state index contributed by atoms with van der Waals surface area (Å²) in [7, 11) is 3.06. The van der Waals surface area contributed by atoms with Crippen LogP contribution in [-0.4, -0.2) is 24.4 Å². The Labute approximate surface area is 117 Å². The molecular weight excluding hydrogens is 284 g/mol. The van der Waals surface area contributed by atoms with Crippen molar-refractivity contribution in [2.45, 2.75) is 0 Å². The van der Waals surface area contributed by atoms with Gasteiger partial charge in [-0.15, -0.1) is 0 Å². The van der Waals surface area contributed by atoms with E-state index in [0.29, 0.717) is 0 Å². The molecule has 0 saturated heterocycles. The summed E-state index contributed by atoms with van der Waals surface area (Å²) < 4.78 is 2.77. The first-order valence-corrected chi connectivity index (χ1v) is 5.86. The lowest BCUT2D eigenvalue weighted by molar-refractivity contribution is -0.385. The van der Waals surface area contributed by atoms with E-state index in [1.807, 2.05) is 0 Å². The summed E-state index contributed by atoms with van der Waals surface area (Å²) in [5.74, 6) is -0.472. The number of hydrogen-bond acceptors (Lipinski definition) is 6. The van der Waals surface area contributed by atoms with E-state index in [0.717, 1.165) is 12.1 Å². The van der Waals surface area contributed by atoms with Gasteiger partial charge in [0.1, 0.15) is 0 Å². The summed E-state index contributed by atoms with van der Waals surface area (Å²) in [6.45, 7) is 0. The summed E-state index contributed by atoms with van der Waals surface area (Å²) in [6, 6.07) is 3.63. The van der Waals surface area contributed by atoms with Gasteiger partial charge >= 0.3 is 5.69 Å². The van der Waals surface area contributed by atoms with Crippen LogP contribution in [-0.2, 0) is 14.1 Å². The van der Waals surface area contributed by atoms with Crippen molar-refractivity contribution in [2.24, 2.45) is 14.1 Å². The second-order valence-electron chi connectivity index (χ2n) is 4.08. The molecule has 1 N–H and O–H groups in total. The molecular formula is C11H10N4O4S. The van der Waals surface area contributed by atoms with Crippen LogP contribution in [0.2, 0.25) is 0 Å². The second kappa shape index (κ2) is 4.85. The summed E-state index contributed by atoms with van der Waals surface area (Å²) in [5, 5.41) is 24.2. The van der Waals surface area contributed by atoms with Gasteiger partial charge in [0.2, 0.25) is 0 Å². The third-order valence-corrected chi connectivity index (χ3v) is 3.30. The number of aromatic nitrogens is 3. The second-order valence-corrected chi connectivity index (χ2v) is 4.44. The lowest BCUT2D eigenvalue weighted by atomic mass is 10.1. The molecule has 1 aromatic carbocycles. The number of phenolic OH excluding ortho intramolecular Hbond substituents is 1. The lowest BCUT2D eigenvalue weighted by Gasteiger charge is -2.07. The van der Waals surface area contributed by atoms with Gasteiger partial charge in [0.05, 0.1) is 4.92 Å². The van der Waals surface area contributed by atoms with Crippen molar-refractivity contribution in [3.05, 3.63) is 43.4 Å². The molecule has 1 aromatic heterocycles. The smallest absolute Gasteiger partial charge is 0.311 e. The Balaban J connectivity index is 2.76. The first kappa shape index (κ1) is 13.9. The average molecular weight is 294 g/mol. The fourth-order valence-corrected chi connectivity index (χ4v) is 1.82. The van der Waals surface area contributed by atoms with Crippen LogP contribution in [0.5, 0.6) is 5.75 Å². The van der Waals surface area contributed by atoms with Crippen molar-refractivity contribution < 1.29 is 10.0 Å². The number of aromatic hydroxyl groups is 1. The molecule has 9 heteroatoms. The highest BCUT2D eigenvalue weighted by molar-refractivity contribution is 7.71. The summed E-state index contributed by atoms with van der Waals surface area (Å²) >= 11 is 4.99. The molecule has 1 heterocycles. The monoisotopic (exact) mass is 294 g/mol. The maximum absolute atomic E-state index is 12.1. The number of hydrogen-bond donors (Lipinski definition) is 1. The first-order valence-electron chi connectivity index (χ1n) is 5.45. The molecule has 0 atom stereocenters. The van der Waals surface area contributed by atoms with Gasteiger partial charge in [-0.2, -0.15) is 5.10 Å². The lowest BCUT2D eigenvalue weighted by Crippen LogP contribution is -2.25. The maximum atomic E-state index is 12.1. The molecule has 0 amide bonds. The molecule has 0 aliphatic rings. The van der Waals surface area contributed by atoms with Gasteiger partial charge in [0.25, 0.3) is 5.56 Å². The van der Waals surface area contributed by atoms with Crippen molar-refractivity contribution in [2.75, 3.05) is 0 Å². The van der Waals surface area contributed by atoms with Crippen LogP contribution in [0.15, 0.2) is 23.0 Å². The van der Waals surface area contributed by atoms with Gasteiger partial charge < -0.3 is 5.11 Å². The standard InChI is InChI=1S/C11H10N4O4S/c1-13-10(17)9(12-14(2)11(13)20)6-3-4-8(16)7(5-6)15(18)19/h3-5,16H,1-2H3. The number of phenols is 1. The third kappa shape index (κ3) is 2.18. The quantitative estimate of drug-likeness (QED) is 0.506. The zero-order chi connectivity index (χ0) is 15.0. The Kier molecular flexibility index (Phi) is 3.36. The zero-order valence-electron chi connectivity index (χ0n) is 10.6. The zero-order valence-corrected chi connectivity index (χ0v) is 11.4. The Bertz CT molecular complexity index is 824. The van der Waals surface area contributed by atoms with E-state index in [1.54, 1.807) is 7.05 Å². The molecule has 0 saturated carbocycles. The van der Waals surface area contributed by atoms with Crippen LogP contribution in [0, 0.1) is 14.9 Å². The molecule has 0 bridgehead atoms. The minimum absolute atomic E-state index is 0.0201. The van der Waals surface area contributed by atoms with Crippen LogP contribution in [0.1, 0.15) is 0 Å². The molecule has 20 heavy (non-hydrogen) atoms. The summed E-state index contributed by atoms with van der Waals surface area (Å²) in [5.41, 5.74) is -0.697. The Morgan fingerprint density at radius 1 is 1.40 bits per heavy atom. The van der Waals surface area contributed by atoms with E-state index in [9.17, 15) is 20.0 Å². The average Bonchev–Trinajstić information content (AvgIpc) is 2.41. The van der Waals surface area contributed by atoms with Gasteiger partial charge in [-0.1, -0.05) is 0 Å². The number of nitro benzene ring substituents is 1. The van der Waals surface area contributed by atoms with Gasteiger partial charge in [-0.25, -0.2) is 4.68 Å². The molecule has 0 fully saturated rings. The largest absolute Gasteiger partial charge is 0.502 e. The van der Waals surface area contributed by atoms with Crippen LogP contribution < -0.4 is 5.56 Å². The Morgan fingerprint density at radius 3 is 2.65 bits per heavy atom. The Hall–Kier alpha value is -2.55. The SMILES string of the molecule is Cn1nc(-c2ccc(O)c([N+](=O)[O-])c2)c(=O)n(C)c1=S. The number of nitrogens with zero attached hydrogens (tertiary/aromatic N) is 4.